The van der Waals surface area contributed by atoms with Crippen LogP contribution in [0.15, 0.2) is 82.2 Å². The van der Waals surface area contributed by atoms with Crippen LogP contribution in [0.2, 0.25) is 5.02 Å². The first kappa shape index (κ1) is 36.3. The Balaban J connectivity index is 1.60. The van der Waals surface area contributed by atoms with Crippen LogP contribution in [-0.2, 0) is 40.5 Å². The predicted molar refractivity (Wildman–Crippen MR) is 174 cm³/mol. The molecule has 0 bridgehead atoms. The molecular weight excluding hydrogens is 706 g/mol. The summed E-state index contributed by atoms with van der Waals surface area (Å²) in [6.45, 7) is 4.50. The molecule has 1 atom stereocenters. The van der Waals surface area contributed by atoms with Crippen molar-refractivity contribution in [3.05, 3.63) is 87.9 Å². The Morgan fingerprint density at radius 3 is 2.26 bits per heavy atom. The summed E-state index contributed by atoms with van der Waals surface area (Å²) in [7, 11) is -4.42. The van der Waals surface area contributed by atoms with Crippen LogP contribution in [0.3, 0.4) is 0 Å². The number of benzene rings is 3. The molecule has 0 aliphatic carbocycles. The van der Waals surface area contributed by atoms with E-state index in [0.29, 0.717) is 10.8 Å². The summed E-state index contributed by atoms with van der Waals surface area (Å²) in [5.74, 6) is -1.97. The second kappa shape index (κ2) is 16.4. The lowest BCUT2D eigenvalue weighted by atomic mass is 10.1. The highest BCUT2D eigenvalue weighted by atomic mass is 79.9. The van der Waals surface area contributed by atoms with Crippen molar-refractivity contribution in [3.63, 3.8) is 0 Å². The zero-order chi connectivity index (χ0) is 33.9. The van der Waals surface area contributed by atoms with Crippen LogP contribution >= 0.6 is 27.5 Å². The van der Waals surface area contributed by atoms with Gasteiger partial charge in [0.25, 0.3) is 21.8 Å². The van der Waals surface area contributed by atoms with Gasteiger partial charge < -0.3 is 24.8 Å². The monoisotopic (exact) mass is 737 g/mol. The number of ether oxygens (including phenoxy) is 3. The number of nitrogens with one attached hydrogen (secondary N) is 3. The highest BCUT2D eigenvalue weighted by Crippen LogP contribution is 2.27. The zero-order valence-electron chi connectivity index (χ0n) is 25.2. The number of carbonyl (C=O) groups is 4. The third-order valence-corrected chi connectivity index (χ3v) is 7.97. The average molecular weight is 739 g/mol. The Labute approximate surface area is 280 Å². The summed E-state index contributed by atoms with van der Waals surface area (Å²) in [4.78, 5) is 49.9. The number of anilines is 1. The van der Waals surface area contributed by atoms with E-state index < -0.39 is 45.5 Å². The summed E-state index contributed by atoms with van der Waals surface area (Å²) in [5.41, 5.74) is 0.119. The molecule has 0 radical (unpaired) electrons. The molecule has 3 N–H and O–H groups in total. The Morgan fingerprint density at radius 1 is 0.957 bits per heavy atom. The minimum absolute atomic E-state index is 0.00736. The standard InChI is InChI=1S/C31H33BrClN3O9S/c1-31(2,3)45-30(40)35-25(14-16-28(38)44-18-20-7-5-4-6-8-20)29(39)36-46(41,42)23-12-10-22(11-13-23)34-27(37)19-43-26-15-9-21(32)17-24(26)33/h4-13,15,17,25H,14,16,18-19H2,1-3H3,(H,34,37)(H,35,40)(H,36,39)/t25-/m0/s1. The fourth-order valence-corrected chi connectivity index (χ4v) is 5.45. The fourth-order valence-electron chi connectivity index (χ4n) is 3.70. The number of amides is 3. The van der Waals surface area contributed by atoms with Gasteiger partial charge in [-0.1, -0.05) is 57.9 Å². The SMILES string of the molecule is CC(C)(C)OC(=O)N[C@@H](CCC(=O)OCc1ccccc1)C(=O)NS(=O)(=O)c1ccc(NC(=O)COc2ccc(Br)cc2Cl)cc1. The Kier molecular flexibility index (Phi) is 13.0. The number of esters is 1. The summed E-state index contributed by atoms with van der Waals surface area (Å²) in [6.07, 6.45) is -1.55. The highest BCUT2D eigenvalue weighted by Gasteiger charge is 2.29. The van der Waals surface area contributed by atoms with Gasteiger partial charge in [-0.25, -0.2) is 17.9 Å². The first-order chi connectivity index (χ1) is 21.6. The molecule has 3 rings (SSSR count). The molecule has 0 spiro atoms. The zero-order valence-corrected chi connectivity index (χ0v) is 28.3. The number of hydrogen-bond donors (Lipinski definition) is 3. The lowest BCUT2D eigenvalue weighted by molar-refractivity contribution is -0.145. The minimum Gasteiger partial charge on any atom is -0.482 e. The Morgan fingerprint density at radius 2 is 1.63 bits per heavy atom. The Hall–Kier alpha value is -4.14. The second-order valence-electron chi connectivity index (χ2n) is 10.8. The normalized spacial score (nSPS) is 11.9. The van der Waals surface area contributed by atoms with E-state index >= 15 is 0 Å². The first-order valence-electron chi connectivity index (χ1n) is 13.8. The van der Waals surface area contributed by atoms with Crippen LogP contribution in [0.1, 0.15) is 39.2 Å². The molecule has 15 heteroatoms. The molecule has 0 aromatic heterocycles. The molecule has 12 nitrogen and oxygen atoms in total. The molecule has 46 heavy (non-hydrogen) atoms. The lowest BCUT2D eigenvalue weighted by Gasteiger charge is -2.23. The van der Waals surface area contributed by atoms with Gasteiger partial charge in [0.15, 0.2) is 6.61 Å². The van der Waals surface area contributed by atoms with Gasteiger partial charge in [0.2, 0.25) is 0 Å². The molecule has 0 aliphatic heterocycles. The minimum atomic E-state index is -4.42. The molecule has 3 aromatic carbocycles. The van der Waals surface area contributed by atoms with Crippen molar-refractivity contribution in [2.45, 2.75) is 56.8 Å². The predicted octanol–water partition coefficient (Wildman–Crippen LogP) is 5.34. The molecular formula is C31H33BrClN3O9S. The molecule has 0 heterocycles. The van der Waals surface area contributed by atoms with Crippen LogP contribution in [-0.4, -0.2) is 50.5 Å². The van der Waals surface area contributed by atoms with Gasteiger partial charge in [-0.15, -0.1) is 0 Å². The quantitative estimate of drug-likeness (QED) is 0.196. The first-order valence-corrected chi connectivity index (χ1v) is 16.5. The van der Waals surface area contributed by atoms with E-state index in [1.807, 2.05) is 10.8 Å². The number of rotatable bonds is 13. The number of halogens is 2. The summed E-state index contributed by atoms with van der Waals surface area (Å²) in [6, 6.07) is 17.4. The molecule has 0 saturated carbocycles. The molecule has 3 amide bonds. The third-order valence-electron chi connectivity index (χ3n) is 5.82. The van der Waals surface area contributed by atoms with Gasteiger partial charge in [-0.2, -0.15) is 0 Å². The van der Waals surface area contributed by atoms with E-state index in [-0.39, 0.29) is 36.6 Å². The third kappa shape index (κ3) is 12.3. The van der Waals surface area contributed by atoms with Crippen molar-refractivity contribution in [1.82, 2.24) is 10.0 Å². The smallest absolute Gasteiger partial charge is 0.408 e. The van der Waals surface area contributed by atoms with E-state index in [2.05, 4.69) is 26.6 Å². The fraction of sp³-hybridized carbons (Fsp3) is 0.290. The maximum Gasteiger partial charge on any atom is 0.408 e. The summed E-state index contributed by atoms with van der Waals surface area (Å²) < 4.78 is 44.5. The van der Waals surface area contributed by atoms with Crippen molar-refractivity contribution in [2.75, 3.05) is 11.9 Å². The largest absolute Gasteiger partial charge is 0.482 e. The molecule has 3 aromatic rings. The Bertz CT molecular complexity index is 1650. The molecule has 0 unspecified atom stereocenters. The number of alkyl carbamates (subject to hydrolysis) is 1. The van der Waals surface area contributed by atoms with Crippen molar-refractivity contribution < 1.29 is 41.8 Å². The maximum absolute atomic E-state index is 13.1. The maximum atomic E-state index is 13.1. The van der Waals surface area contributed by atoms with E-state index in [0.717, 1.165) is 10.0 Å². The van der Waals surface area contributed by atoms with Crippen LogP contribution in [0.4, 0.5) is 10.5 Å². The van der Waals surface area contributed by atoms with Gasteiger partial charge in [0, 0.05) is 16.6 Å². The van der Waals surface area contributed by atoms with E-state index in [1.165, 1.54) is 24.3 Å². The van der Waals surface area contributed by atoms with Crippen molar-refractivity contribution in [1.29, 1.82) is 0 Å². The van der Waals surface area contributed by atoms with Crippen LogP contribution in [0, 0.1) is 0 Å². The van der Waals surface area contributed by atoms with Gasteiger partial charge in [0.1, 0.15) is 24.0 Å². The average Bonchev–Trinajstić information content (AvgIpc) is 2.97. The van der Waals surface area contributed by atoms with E-state index in [4.69, 9.17) is 25.8 Å². The van der Waals surface area contributed by atoms with Crippen molar-refractivity contribution in [3.8, 4) is 5.75 Å². The molecule has 246 valence electrons. The van der Waals surface area contributed by atoms with Gasteiger partial charge in [0.05, 0.1) is 9.92 Å². The summed E-state index contributed by atoms with van der Waals surface area (Å²) >= 11 is 9.36. The van der Waals surface area contributed by atoms with Gasteiger partial charge in [-0.3, -0.25) is 14.4 Å². The highest BCUT2D eigenvalue weighted by molar-refractivity contribution is 9.10. The number of carbonyl (C=O) groups excluding carboxylic acids is 4. The molecule has 0 fully saturated rings. The van der Waals surface area contributed by atoms with E-state index in [1.54, 1.807) is 63.2 Å². The molecule has 0 aliphatic rings. The van der Waals surface area contributed by atoms with Crippen LogP contribution < -0.4 is 20.1 Å². The number of hydrogen-bond acceptors (Lipinski definition) is 9. The van der Waals surface area contributed by atoms with Crippen LogP contribution in [0.5, 0.6) is 5.75 Å². The van der Waals surface area contributed by atoms with Crippen molar-refractivity contribution >= 4 is 67.1 Å². The van der Waals surface area contributed by atoms with Gasteiger partial charge >= 0.3 is 12.1 Å². The topological polar surface area (TPSA) is 166 Å². The van der Waals surface area contributed by atoms with Crippen molar-refractivity contribution in [2.24, 2.45) is 0 Å². The van der Waals surface area contributed by atoms with E-state index in [9.17, 15) is 27.6 Å². The van der Waals surface area contributed by atoms with Crippen LogP contribution in [0.25, 0.3) is 0 Å². The number of sulfonamides is 1. The lowest BCUT2D eigenvalue weighted by Crippen LogP contribution is -2.49. The molecule has 0 saturated heterocycles. The second-order valence-corrected chi connectivity index (χ2v) is 13.8. The summed E-state index contributed by atoms with van der Waals surface area (Å²) in [5, 5.41) is 5.20. The van der Waals surface area contributed by atoms with Gasteiger partial charge in [-0.05, 0) is 75.2 Å².